The number of carboxylic acids is 1. The quantitative estimate of drug-likeness (QED) is 0.885. The molecule has 0 bridgehead atoms. The van der Waals surface area contributed by atoms with Gasteiger partial charge in [-0.15, -0.1) is 0 Å². The van der Waals surface area contributed by atoms with Gasteiger partial charge in [-0.3, -0.25) is 0 Å². The number of benzene rings is 1. The molecule has 0 aliphatic rings. The standard InChI is InChI=1S/C17H21NO2/c1-11(2)13-5-7-14(8-6-13)15-9-10-16(17(19)20)18(15)12(3)4/h5-12H,1-4H3,(H,19,20). The Morgan fingerprint density at radius 2 is 1.60 bits per heavy atom. The summed E-state index contributed by atoms with van der Waals surface area (Å²) in [6.45, 7) is 8.32. The molecule has 1 aromatic carbocycles. The SMILES string of the molecule is CC(C)c1ccc(-c2ccc(C(=O)O)n2C(C)C)cc1. The van der Waals surface area contributed by atoms with Gasteiger partial charge in [0.05, 0.1) is 0 Å². The molecule has 3 nitrogen and oxygen atoms in total. The lowest BCUT2D eigenvalue weighted by Crippen LogP contribution is -2.11. The van der Waals surface area contributed by atoms with Crippen molar-refractivity contribution in [2.45, 2.75) is 39.7 Å². The van der Waals surface area contributed by atoms with E-state index in [9.17, 15) is 9.90 Å². The summed E-state index contributed by atoms with van der Waals surface area (Å²) in [5.74, 6) is -0.390. The van der Waals surface area contributed by atoms with Crippen molar-refractivity contribution in [1.29, 1.82) is 0 Å². The molecule has 1 aromatic heterocycles. The predicted molar refractivity (Wildman–Crippen MR) is 81.3 cm³/mol. The van der Waals surface area contributed by atoms with Crippen molar-refractivity contribution in [2.24, 2.45) is 0 Å². The number of carbonyl (C=O) groups is 1. The third kappa shape index (κ3) is 2.62. The van der Waals surface area contributed by atoms with Crippen molar-refractivity contribution in [3.05, 3.63) is 47.7 Å². The fourth-order valence-corrected chi connectivity index (χ4v) is 2.45. The number of hydrogen-bond donors (Lipinski definition) is 1. The van der Waals surface area contributed by atoms with Gasteiger partial charge in [0.1, 0.15) is 5.69 Å². The third-order valence-corrected chi connectivity index (χ3v) is 3.53. The number of aromatic nitrogens is 1. The van der Waals surface area contributed by atoms with Crippen LogP contribution in [-0.2, 0) is 0 Å². The summed E-state index contributed by atoms with van der Waals surface area (Å²) in [4.78, 5) is 11.3. The molecule has 2 rings (SSSR count). The summed E-state index contributed by atoms with van der Waals surface area (Å²) in [6, 6.07) is 12.0. The highest BCUT2D eigenvalue weighted by Gasteiger charge is 2.17. The van der Waals surface area contributed by atoms with E-state index in [1.165, 1.54) is 5.56 Å². The lowest BCUT2D eigenvalue weighted by molar-refractivity contribution is 0.0683. The Balaban J connectivity index is 2.49. The van der Waals surface area contributed by atoms with Crippen LogP contribution in [0.4, 0.5) is 0 Å². The molecule has 106 valence electrons. The van der Waals surface area contributed by atoms with Gasteiger partial charge in [-0.05, 0) is 43.0 Å². The monoisotopic (exact) mass is 271 g/mol. The van der Waals surface area contributed by atoms with Crippen LogP contribution < -0.4 is 0 Å². The Bertz CT molecular complexity index is 606. The molecule has 2 aromatic rings. The fourth-order valence-electron chi connectivity index (χ4n) is 2.45. The van der Waals surface area contributed by atoms with Crippen LogP contribution in [0.2, 0.25) is 0 Å². The first-order chi connectivity index (χ1) is 9.41. The first-order valence-electron chi connectivity index (χ1n) is 6.96. The highest BCUT2D eigenvalue weighted by molar-refractivity contribution is 5.87. The Hall–Kier alpha value is -2.03. The smallest absolute Gasteiger partial charge is 0.352 e. The molecule has 0 aliphatic carbocycles. The van der Waals surface area contributed by atoms with Gasteiger partial charge >= 0.3 is 5.97 Å². The minimum Gasteiger partial charge on any atom is -0.477 e. The molecule has 0 saturated carbocycles. The highest BCUT2D eigenvalue weighted by atomic mass is 16.4. The topological polar surface area (TPSA) is 42.2 Å². The largest absolute Gasteiger partial charge is 0.477 e. The third-order valence-electron chi connectivity index (χ3n) is 3.53. The van der Waals surface area contributed by atoms with Gasteiger partial charge < -0.3 is 9.67 Å². The molecule has 0 amide bonds. The zero-order valence-electron chi connectivity index (χ0n) is 12.4. The van der Waals surface area contributed by atoms with Crippen molar-refractivity contribution in [1.82, 2.24) is 4.57 Å². The number of hydrogen-bond acceptors (Lipinski definition) is 1. The van der Waals surface area contributed by atoms with E-state index < -0.39 is 5.97 Å². The second kappa shape index (κ2) is 5.53. The van der Waals surface area contributed by atoms with E-state index in [1.54, 1.807) is 6.07 Å². The Morgan fingerprint density at radius 3 is 2.05 bits per heavy atom. The van der Waals surface area contributed by atoms with Crippen molar-refractivity contribution in [3.63, 3.8) is 0 Å². The summed E-state index contributed by atoms with van der Waals surface area (Å²) in [5.41, 5.74) is 3.63. The van der Waals surface area contributed by atoms with Gasteiger partial charge in [0.25, 0.3) is 0 Å². The number of carboxylic acid groups (broad SMARTS) is 1. The van der Waals surface area contributed by atoms with Crippen LogP contribution >= 0.6 is 0 Å². The molecule has 0 atom stereocenters. The zero-order valence-corrected chi connectivity index (χ0v) is 12.4. The van der Waals surface area contributed by atoms with Crippen LogP contribution in [-0.4, -0.2) is 15.6 Å². The van der Waals surface area contributed by atoms with Gasteiger partial charge in [-0.25, -0.2) is 4.79 Å². The Labute approximate surface area is 119 Å². The minimum atomic E-state index is -0.885. The summed E-state index contributed by atoms with van der Waals surface area (Å²) < 4.78 is 1.87. The molecule has 0 aliphatic heterocycles. The number of aromatic carboxylic acids is 1. The normalized spacial score (nSPS) is 11.3. The average molecular weight is 271 g/mol. The molecule has 20 heavy (non-hydrogen) atoms. The Morgan fingerprint density at radius 1 is 1.00 bits per heavy atom. The van der Waals surface area contributed by atoms with E-state index in [-0.39, 0.29) is 6.04 Å². The molecule has 0 radical (unpaired) electrons. The van der Waals surface area contributed by atoms with E-state index in [2.05, 4.69) is 38.1 Å². The number of nitrogens with zero attached hydrogens (tertiary/aromatic N) is 1. The summed E-state index contributed by atoms with van der Waals surface area (Å²) >= 11 is 0. The zero-order chi connectivity index (χ0) is 14.9. The molecule has 0 unspecified atom stereocenters. The molecule has 0 saturated heterocycles. The van der Waals surface area contributed by atoms with Gasteiger partial charge in [-0.1, -0.05) is 38.1 Å². The van der Waals surface area contributed by atoms with E-state index in [0.717, 1.165) is 11.3 Å². The maximum Gasteiger partial charge on any atom is 0.352 e. The van der Waals surface area contributed by atoms with Crippen LogP contribution in [0, 0.1) is 0 Å². The molecule has 0 fully saturated rings. The van der Waals surface area contributed by atoms with Crippen LogP contribution in [0.1, 0.15) is 55.7 Å². The average Bonchev–Trinajstić information content (AvgIpc) is 2.83. The summed E-state index contributed by atoms with van der Waals surface area (Å²) in [5, 5.41) is 9.27. The molecule has 1 N–H and O–H groups in total. The second-order valence-electron chi connectivity index (χ2n) is 5.65. The fraction of sp³-hybridized carbons (Fsp3) is 0.353. The molecular weight excluding hydrogens is 250 g/mol. The maximum atomic E-state index is 11.3. The lowest BCUT2D eigenvalue weighted by atomic mass is 10.0. The van der Waals surface area contributed by atoms with Crippen molar-refractivity contribution in [3.8, 4) is 11.3 Å². The molecule has 1 heterocycles. The van der Waals surface area contributed by atoms with Crippen molar-refractivity contribution in [2.75, 3.05) is 0 Å². The van der Waals surface area contributed by atoms with E-state index in [0.29, 0.717) is 11.6 Å². The number of rotatable bonds is 4. The highest BCUT2D eigenvalue weighted by Crippen LogP contribution is 2.28. The van der Waals surface area contributed by atoms with Crippen LogP contribution in [0.5, 0.6) is 0 Å². The minimum absolute atomic E-state index is 0.107. The van der Waals surface area contributed by atoms with Gasteiger partial charge in [0.2, 0.25) is 0 Å². The Kier molecular flexibility index (Phi) is 3.98. The van der Waals surface area contributed by atoms with Gasteiger partial charge in [0, 0.05) is 11.7 Å². The summed E-state index contributed by atoms with van der Waals surface area (Å²) in [6.07, 6.45) is 0. The molecule has 0 spiro atoms. The van der Waals surface area contributed by atoms with E-state index in [4.69, 9.17) is 0 Å². The van der Waals surface area contributed by atoms with Crippen molar-refractivity contribution < 1.29 is 9.90 Å². The van der Waals surface area contributed by atoms with Gasteiger partial charge in [0.15, 0.2) is 0 Å². The first kappa shape index (κ1) is 14.4. The second-order valence-corrected chi connectivity index (χ2v) is 5.65. The lowest BCUT2D eigenvalue weighted by Gasteiger charge is -2.16. The maximum absolute atomic E-state index is 11.3. The van der Waals surface area contributed by atoms with Crippen LogP contribution in [0.3, 0.4) is 0 Å². The van der Waals surface area contributed by atoms with E-state index in [1.807, 2.05) is 24.5 Å². The van der Waals surface area contributed by atoms with Crippen molar-refractivity contribution >= 4 is 5.97 Å². The molecular formula is C17H21NO2. The van der Waals surface area contributed by atoms with Gasteiger partial charge in [-0.2, -0.15) is 0 Å². The molecule has 3 heteroatoms. The predicted octanol–water partition coefficient (Wildman–Crippen LogP) is 4.56. The van der Waals surface area contributed by atoms with E-state index >= 15 is 0 Å². The van der Waals surface area contributed by atoms with Crippen LogP contribution in [0.15, 0.2) is 36.4 Å². The first-order valence-corrected chi connectivity index (χ1v) is 6.96. The van der Waals surface area contributed by atoms with Crippen LogP contribution in [0.25, 0.3) is 11.3 Å². The summed E-state index contributed by atoms with van der Waals surface area (Å²) in [7, 11) is 0.